The molecular weight excluding hydrogens is 294 g/mol. The van der Waals surface area contributed by atoms with Gasteiger partial charge in [-0.05, 0) is 30.7 Å². The molecule has 0 amide bonds. The van der Waals surface area contributed by atoms with Gasteiger partial charge in [-0.3, -0.25) is 4.79 Å². The molecular formula is C14H12BrNO2. The topological polar surface area (TPSA) is 39.2 Å². The van der Waals surface area contributed by atoms with Gasteiger partial charge in [0.05, 0.1) is 18.4 Å². The molecule has 0 aliphatic carbocycles. The molecule has 0 aliphatic rings. The number of carbonyl (C=O) groups is 1. The third kappa shape index (κ3) is 2.29. The normalized spacial score (nSPS) is 10.2. The monoisotopic (exact) mass is 305 g/mol. The van der Waals surface area contributed by atoms with E-state index < -0.39 is 0 Å². The van der Waals surface area contributed by atoms with Gasteiger partial charge in [0.1, 0.15) is 0 Å². The predicted molar refractivity (Wildman–Crippen MR) is 74.0 cm³/mol. The molecule has 18 heavy (non-hydrogen) atoms. The highest BCUT2D eigenvalue weighted by atomic mass is 79.9. The fourth-order valence-corrected chi connectivity index (χ4v) is 2.11. The van der Waals surface area contributed by atoms with Gasteiger partial charge in [0.2, 0.25) is 5.88 Å². The van der Waals surface area contributed by atoms with E-state index in [-0.39, 0.29) is 0 Å². The maximum absolute atomic E-state index is 10.8. The number of methoxy groups -OCH3 is 1. The van der Waals surface area contributed by atoms with Crippen LogP contribution in [0.4, 0.5) is 0 Å². The number of hydrogen-bond acceptors (Lipinski definition) is 3. The molecule has 2 aromatic rings. The summed E-state index contributed by atoms with van der Waals surface area (Å²) in [5, 5.41) is 0. The van der Waals surface area contributed by atoms with E-state index in [9.17, 15) is 4.79 Å². The van der Waals surface area contributed by atoms with Gasteiger partial charge in [-0.15, -0.1) is 0 Å². The van der Waals surface area contributed by atoms with Gasteiger partial charge in [-0.25, -0.2) is 4.98 Å². The molecule has 4 heteroatoms. The minimum absolute atomic E-state index is 0.349. The SMILES string of the molecule is COc1nc(-c2cccc(Br)c2C)ccc1C=O. The van der Waals surface area contributed by atoms with Crippen molar-refractivity contribution in [3.63, 3.8) is 0 Å². The first-order chi connectivity index (χ1) is 8.67. The van der Waals surface area contributed by atoms with E-state index in [0.29, 0.717) is 11.4 Å². The molecule has 0 radical (unpaired) electrons. The Morgan fingerprint density at radius 3 is 2.72 bits per heavy atom. The number of hydrogen-bond donors (Lipinski definition) is 0. The van der Waals surface area contributed by atoms with Crippen molar-refractivity contribution in [2.45, 2.75) is 6.92 Å². The summed E-state index contributed by atoms with van der Waals surface area (Å²) < 4.78 is 6.14. The fraction of sp³-hybridized carbons (Fsp3) is 0.143. The lowest BCUT2D eigenvalue weighted by Gasteiger charge is -2.09. The maximum Gasteiger partial charge on any atom is 0.224 e. The number of rotatable bonds is 3. The first-order valence-corrected chi connectivity index (χ1v) is 6.22. The largest absolute Gasteiger partial charge is 0.480 e. The molecule has 0 bridgehead atoms. The van der Waals surface area contributed by atoms with E-state index in [0.717, 1.165) is 27.6 Å². The molecule has 0 saturated heterocycles. The molecule has 0 spiro atoms. The van der Waals surface area contributed by atoms with E-state index in [2.05, 4.69) is 20.9 Å². The summed E-state index contributed by atoms with van der Waals surface area (Å²) >= 11 is 3.49. The van der Waals surface area contributed by atoms with E-state index in [1.165, 1.54) is 7.11 Å². The third-order valence-electron chi connectivity index (χ3n) is 2.75. The minimum atomic E-state index is 0.349. The van der Waals surface area contributed by atoms with Crippen LogP contribution in [0, 0.1) is 6.92 Å². The highest BCUT2D eigenvalue weighted by Gasteiger charge is 2.09. The predicted octanol–water partition coefficient (Wildman–Crippen LogP) is 3.64. The summed E-state index contributed by atoms with van der Waals surface area (Å²) in [7, 11) is 1.51. The van der Waals surface area contributed by atoms with Crippen molar-refractivity contribution in [2.75, 3.05) is 7.11 Å². The van der Waals surface area contributed by atoms with Gasteiger partial charge in [0.15, 0.2) is 6.29 Å². The lowest BCUT2D eigenvalue weighted by atomic mass is 10.0. The Morgan fingerprint density at radius 1 is 1.28 bits per heavy atom. The lowest BCUT2D eigenvalue weighted by molar-refractivity contribution is 0.112. The molecule has 1 aromatic carbocycles. The number of aromatic nitrogens is 1. The van der Waals surface area contributed by atoms with Gasteiger partial charge in [-0.1, -0.05) is 28.1 Å². The maximum atomic E-state index is 10.8. The van der Waals surface area contributed by atoms with E-state index >= 15 is 0 Å². The van der Waals surface area contributed by atoms with Crippen molar-refractivity contribution in [3.05, 3.63) is 45.9 Å². The summed E-state index contributed by atoms with van der Waals surface area (Å²) in [5.74, 6) is 0.349. The molecule has 1 aromatic heterocycles. The second kappa shape index (κ2) is 5.31. The van der Waals surface area contributed by atoms with Crippen LogP contribution in [0.15, 0.2) is 34.8 Å². The van der Waals surface area contributed by atoms with Crippen LogP contribution in [0.2, 0.25) is 0 Å². The smallest absolute Gasteiger partial charge is 0.224 e. The number of ether oxygens (including phenoxy) is 1. The fourth-order valence-electron chi connectivity index (χ4n) is 1.74. The van der Waals surface area contributed by atoms with Crippen LogP contribution in [0.25, 0.3) is 11.3 Å². The van der Waals surface area contributed by atoms with Crippen molar-refractivity contribution in [1.82, 2.24) is 4.98 Å². The quantitative estimate of drug-likeness (QED) is 0.813. The summed E-state index contributed by atoms with van der Waals surface area (Å²) in [6, 6.07) is 9.46. The molecule has 0 aliphatic heterocycles. The standard InChI is InChI=1S/C14H12BrNO2/c1-9-11(4-3-5-12(9)15)13-7-6-10(8-17)14(16-13)18-2/h3-8H,1-2H3. The lowest BCUT2D eigenvalue weighted by Crippen LogP contribution is -1.96. The van der Waals surface area contributed by atoms with Crippen LogP contribution in [0.3, 0.4) is 0 Å². The van der Waals surface area contributed by atoms with Crippen molar-refractivity contribution in [3.8, 4) is 17.1 Å². The number of pyridine rings is 1. The molecule has 0 N–H and O–H groups in total. The minimum Gasteiger partial charge on any atom is -0.480 e. The third-order valence-corrected chi connectivity index (χ3v) is 3.61. The first kappa shape index (κ1) is 12.8. The second-order valence-electron chi connectivity index (χ2n) is 3.83. The molecule has 92 valence electrons. The summed E-state index contributed by atoms with van der Waals surface area (Å²) in [6.07, 6.45) is 0.739. The number of aldehydes is 1. The van der Waals surface area contributed by atoms with Gasteiger partial charge in [-0.2, -0.15) is 0 Å². The number of carbonyl (C=O) groups excluding carboxylic acids is 1. The van der Waals surface area contributed by atoms with Gasteiger partial charge in [0.25, 0.3) is 0 Å². The van der Waals surface area contributed by atoms with Gasteiger partial charge in [0, 0.05) is 10.0 Å². The Labute approximate surface area is 114 Å². The highest BCUT2D eigenvalue weighted by Crippen LogP contribution is 2.29. The zero-order valence-corrected chi connectivity index (χ0v) is 11.7. The molecule has 0 unspecified atom stereocenters. The zero-order valence-electron chi connectivity index (χ0n) is 10.1. The number of benzene rings is 1. The van der Waals surface area contributed by atoms with E-state index in [4.69, 9.17) is 4.74 Å². The average Bonchev–Trinajstić information content (AvgIpc) is 2.41. The van der Waals surface area contributed by atoms with Crippen molar-refractivity contribution < 1.29 is 9.53 Å². The first-order valence-electron chi connectivity index (χ1n) is 5.43. The summed E-state index contributed by atoms with van der Waals surface area (Å²) in [4.78, 5) is 15.2. The van der Waals surface area contributed by atoms with Crippen molar-refractivity contribution in [2.24, 2.45) is 0 Å². The molecule has 1 heterocycles. The van der Waals surface area contributed by atoms with Crippen LogP contribution < -0.4 is 4.74 Å². The Morgan fingerprint density at radius 2 is 2.06 bits per heavy atom. The average molecular weight is 306 g/mol. The Hall–Kier alpha value is -1.68. The van der Waals surface area contributed by atoms with Gasteiger partial charge >= 0.3 is 0 Å². The number of halogens is 1. The molecule has 0 saturated carbocycles. The van der Waals surface area contributed by atoms with Crippen LogP contribution >= 0.6 is 15.9 Å². The van der Waals surface area contributed by atoms with Crippen LogP contribution in [0.1, 0.15) is 15.9 Å². The zero-order chi connectivity index (χ0) is 13.1. The van der Waals surface area contributed by atoms with Crippen LogP contribution in [-0.2, 0) is 0 Å². The Bertz CT molecular complexity index is 596. The van der Waals surface area contributed by atoms with Crippen molar-refractivity contribution in [1.29, 1.82) is 0 Å². The van der Waals surface area contributed by atoms with Crippen LogP contribution in [-0.4, -0.2) is 18.4 Å². The van der Waals surface area contributed by atoms with Crippen molar-refractivity contribution >= 4 is 22.2 Å². The number of nitrogens with zero attached hydrogens (tertiary/aromatic N) is 1. The molecule has 3 nitrogen and oxygen atoms in total. The Kier molecular flexibility index (Phi) is 3.77. The second-order valence-corrected chi connectivity index (χ2v) is 4.68. The highest BCUT2D eigenvalue weighted by molar-refractivity contribution is 9.10. The molecule has 0 atom stereocenters. The summed E-state index contributed by atoms with van der Waals surface area (Å²) in [5.41, 5.74) is 3.36. The van der Waals surface area contributed by atoms with Crippen LogP contribution in [0.5, 0.6) is 5.88 Å². The summed E-state index contributed by atoms with van der Waals surface area (Å²) in [6.45, 7) is 2.02. The molecule has 2 rings (SSSR count). The van der Waals surface area contributed by atoms with E-state index in [1.807, 2.05) is 31.2 Å². The van der Waals surface area contributed by atoms with Gasteiger partial charge < -0.3 is 4.74 Å². The Balaban J connectivity index is 2.58. The molecule has 0 fully saturated rings. The van der Waals surface area contributed by atoms with E-state index in [1.54, 1.807) is 6.07 Å².